The molecule has 4 aliphatic rings. The highest BCUT2D eigenvalue weighted by molar-refractivity contribution is 5.95. The van der Waals surface area contributed by atoms with Gasteiger partial charge < -0.3 is 4.84 Å². The average Bonchev–Trinajstić information content (AvgIpc) is 2.50. The molecule has 0 unspecified atom stereocenters. The lowest BCUT2D eigenvalue weighted by molar-refractivity contribution is -0.0907. The van der Waals surface area contributed by atoms with E-state index in [4.69, 9.17) is 4.84 Å². The van der Waals surface area contributed by atoms with Crippen molar-refractivity contribution in [1.82, 2.24) is 0 Å². The molecule has 0 radical (unpaired) electrons. The molecule has 0 N–H and O–H groups in total. The lowest BCUT2D eigenvalue weighted by atomic mass is 9.48. The van der Waals surface area contributed by atoms with Gasteiger partial charge in [0.2, 0.25) is 0 Å². The minimum absolute atomic E-state index is 0.0762. The molecule has 5 heteroatoms. The molecule has 1 aromatic carbocycles. The van der Waals surface area contributed by atoms with Crippen LogP contribution in [0.1, 0.15) is 44.1 Å². The number of halogens is 3. The van der Waals surface area contributed by atoms with Crippen molar-refractivity contribution in [2.75, 3.05) is 0 Å². The van der Waals surface area contributed by atoms with Crippen molar-refractivity contribution in [3.63, 3.8) is 0 Å². The maximum absolute atomic E-state index is 13.7. The topological polar surface area (TPSA) is 21.6 Å². The van der Waals surface area contributed by atoms with Crippen molar-refractivity contribution in [1.29, 1.82) is 0 Å². The van der Waals surface area contributed by atoms with Gasteiger partial charge in [-0.05, 0) is 61.8 Å². The molecule has 0 heterocycles. The maximum atomic E-state index is 13.7. The van der Waals surface area contributed by atoms with Gasteiger partial charge in [-0.15, -0.1) is 0 Å². The fourth-order valence-electron chi connectivity index (χ4n) is 5.60. The summed E-state index contributed by atoms with van der Waals surface area (Å²) in [4.78, 5) is 5.17. The zero-order valence-corrected chi connectivity index (χ0v) is 13.6. The SMILES string of the molecule is FC(F)(F)/C(=N/OCc1ccccc1)C12CC3CC(CC(C3)C1)C2. The Morgan fingerprint density at radius 1 is 1.00 bits per heavy atom. The Kier molecular flexibility index (Phi) is 3.85. The van der Waals surface area contributed by atoms with Crippen molar-refractivity contribution in [3.05, 3.63) is 35.9 Å². The van der Waals surface area contributed by atoms with Crippen molar-refractivity contribution in [3.8, 4) is 0 Å². The molecule has 4 fully saturated rings. The van der Waals surface area contributed by atoms with Gasteiger partial charge in [-0.1, -0.05) is 35.5 Å². The molecule has 24 heavy (non-hydrogen) atoms. The first kappa shape index (κ1) is 16.0. The molecule has 2 nitrogen and oxygen atoms in total. The summed E-state index contributed by atoms with van der Waals surface area (Å²) >= 11 is 0. The highest BCUT2D eigenvalue weighted by Gasteiger charge is 2.59. The molecule has 4 aliphatic carbocycles. The number of benzene rings is 1. The van der Waals surface area contributed by atoms with Crippen LogP contribution >= 0.6 is 0 Å². The lowest BCUT2D eigenvalue weighted by Crippen LogP contribution is -2.53. The minimum atomic E-state index is -4.41. The Hall–Kier alpha value is -1.52. The molecule has 0 aliphatic heterocycles. The Morgan fingerprint density at radius 2 is 1.54 bits per heavy atom. The molecule has 0 amide bonds. The Morgan fingerprint density at radius 3 is 2.04 bits per heavy atom. The van der Waals surface area contributed by atoms with Crippen molar-refractivity contribution in [2.24, 2.45) is 28.3 Å². The third-order valence-electron chi connectivity index (χ3n) is 6.04. The summed E-state index contributed by atoms with van der Waals surface area (Å²) in [5, 5.41) is 3.67. The second-order valence-electron chi connectivity index (χ2n) is 7.89. The van der Waals surface area contributed by atoms with Crippen LogP contribution in [0.2, 0.25) is 0 Å². The highest BCUT2D eigenvalue weighted by atomic mass is 19.4. The van der Waals surface area contributed by atoms with Gasteiger partial charge in [0.1, 0.15) is 6.61 Å². The molecule has 5 rings (SSSR count). The largest absolute Gasteiger partial charge is 0.433 e. The zero-order chi connectivity index (χ0) is 16.8. The van der Waals surface area contributed by atoms with E-state index < -0.39 is 17.3 Å². The lowest BCUT2D eigenvalue weighted by Gasteiger charge is -2.56. The third kappa shape index (κ3) is 2.93. The van der Waals surface area contributed by atoms with E-state index in [9.17, 15) is 13.2 Å². The van der Waals surface area contributed by atoms with E-state index in [1.54, 1.807) is 0 Å². The standard InChI is InChI=1S/C19H22F3NO/c20-19(21,22)17(23-24-12-13-4-2-1-3-5-13)18-9-14-6-15(10-18)8-16(7-14)11-18/h1-5,14-16H,6-12H2/b23-17+. The number of alkyl halides is 3. The van der Waals surface area contributed by atoms with E-state index in [0.717, 1.165) is 24.8 Å². The first-order chi connectivity index (χ1) is 11.4. The summed E-state index contributed by atoms with van der Waals surface area (Å²) in [5.41, 5.74) is -0.637. The van der Waals surface area contributed by atoms with Gasteiger partial charge in [-0.2, -0.15) is 13.2 Å². The van der Waals surface area contributed by atoms with Crippen LogP contribution in [-0.2, 0) is 11.4 Å². The monoisotopic (exact) mass is 337 g/mol. The molecule has 130 valence electrons. The molecule has 0 saturated heterocycles. The summed E-state index contributed by atoms with van der Waals surface area (Å²) in [7, 11) is 0. The summed E-state index contributed by atoms with van der Waals surface area (Å²) in [6.45, 7) is 0.0762. The van der Waals surface area contributed by atoms with E-state index >= 15 is 0 Å². The van der Waals surface area contributed by atoms with Crippen LogP contribution in [0.4, 0.5) is 13.2 Å². The van der Waals surface area contributed by atoms with E-state index in [2.05, 4.69) is 5.16 Å². The van der Waals surface area contributed by atoms with Crippen LogP contribution in [0.15, 0.2) is 35.5 Å². The molecular weight excluding hydrogens is 315 g/mol. The van der Waals surface area contributed by atoms with Crippen molar-refractivity contribution in [2.45, 2.75) is 51.3 Å². The predicted molar refractivity (Wildman–Crippen MR) is 85.3 cm³/mol. The van der Waals surface area contributed by atoms with E-state index in [1.807, 2.05) is 30.3 Å². The molecule has 0 aromatic heterocycles. The predicted octanol–water partition coefficient (Wildman–Crippen LogP) is 5.34. The minimum Gasteiger partial charge on any atom is -0.391 e. The smallest absolute Gasteiger partial charge is 0.391 e. The number of hydrogen-bond acceptors (Lipinski definition) is 2. The fourth-order valence-corrected chi connectivity index (χ4v) is 5.60. The van der Waals surface area contributed by atoms with Crippen LogP contribution in [-0.4, -0.2) is 11.9 Å². The quantitative estimate of drug-likeness (QED) is 0.537. The summed E-state index contributed by atoms with van der Waals surface area (Å²) in [6, 6.07) is 9.20. The normalized spacial score (nSPS) is 35.3. The fraction of sp³-hybridized carbons (Fsp3) is 0.632. The van der Waals surface area contributed by atoms with Crippen LogP contribution in [0.25, 0.3) is 0 Å². The second kappa shape index (κ2) is 5.78. The van der Waals surface area contributed by atoms with Crippen LogP contribution in [0, 0.1) is 23.2 Å². The zero-order valence-electron chi connectivity index (χ0n) is 13.6. The van der Waals surface area contributed by atoms with Gasteiger partial charge in [0.05, 0.1) is 0 Å². The average molecular weight is 337 g/mol. The Bertz CT molecular complexity index is 588. The molecule has 4 saturated carbocycles. The van der Waals surface area contributed by atoms with E-state index in [-0.39, 0.29) is 6.61 Å². The molecule has 4 bridgehead atoms. The third-order valence-corrected chi connectivity index (χ3v) is 6.04. The number of oxime groups is 1. The van der Waals surface area contributed by atoms with Gasteiger partial charge in [-0.25, -0.2) is 0 Å². The number of hydrogen-bond donors (Lipinski definition) is 0. The van der Waals surface area contributed by atoms with Crippen molar-refractivity contribution < 1.29 is 18.0 Å². The van der Waals surface area contributed by atoms with Gasteiger partial charge in [-0.3, -0.25) is 0 Å². The first-order valence-corrected chi connectivity index (χ1v) is 8.76. The molecule has 0 spiro atoms. The Balaban J connectivity index is 1.57. The molecule has 1 aromatic rings. The van der Waals surface area contributed by atoms with Crippen LogP contribution in [0.5, 0.6) is 0 Å². The van der Waals surface area contributed by atoms with Gasteiger partial charge in [0.25, 0.3) is 0 Å². The van der Waals surface area contributed by atoms with Crippen LogP contribution in [0.3, 0.4) is 0 Å². The van der Waals surface area contributed by atoms with Gasteiger partial charge in [0, 0.05) is 5.41 Å². The van der Waals surface area contributed by atoms with Crippen molar-refractivity contribution >= 4 is 5.71 Å². The van der Waals surface area contributed by atoms with Gasteiger partial charge >= 0.3 is 6.18 Å². The number of rotatable bonds is 4. The van der Waals surface area contributed by atoms with Crippen LogP contribution < -0.4 is 0 Å². The highest BCUT2D eigenvalue weighted by Crippen LogP contribution is 2.61. The number of nitrogens with zero attached hydrogens (tertiary/aromatic N) is 1. The van der Waals surface area contributed by atoms with Gasteiger partial charge in [0.15, 0.2) is 5.71 Å². The second-order valence-corrected chi connectivity index (χ2v) is 7.89. The summed E-state index contributed by atoms with van der Waals surface area (Å²) < 4.78 is 41.2. The first-order valence-electron chi connectivity index (χ1n) is 8.76. The summed E-state index contributed by atoms with van der Waals surface area (Å²) in [6.07, 6.45) is 0.798. The summed E-state index contributed by atoms with van der Waals surface area (Å²) in [5.74, 6) is 1.33. The van der Waals surface area contributed by atoms with E-state index in [1.165, 1.54) is 0 Å². The Labute approximate surface area is 140 Å². The molecular formula is C19H22F3NO. The van der Waals surface area contributed by atoms with E-state index in [0.29, 0.717) is 37.0 Å². The maximum Gasteiger partial charge on any atom is 0.433 e. The molecule has 0 atom stereocenters.